The predicted octanol–water partition coefficient (Wildman–Crippen LogP) is 2.78. The molecule has 2 heterocycles. The second-order valence-corrected chi connectivity index (χ2v) is 5.72. The Hall–Kier alpha value is -1.53. The SMILES string of the molecule is O=C(O)N1CCOC(Cn2ccc3c(Br)cccc32)C1. The van der Waals surface area contributed by atoms with Gasteiger partial charge in [-0.1, -0.05) is 22.0 Å². The molecule has 1 saturated heterocycles. The van der Waals surface area contributed by atoms with Crippen molar-refractivity contribution in [2.45, 2.75) is 12.6 Å². The molecule has 1 aromatic heterocycles. The monoisotopic (exact) mass is 338 g/mol. The summed E-state index contributed by atoms with van der Waals surface area (Å²) in [5, 5.41) is 10.2. The van der Waals surface area contributed by atoms with Crippen molar-refractivity contribution < 1.29 is 14.6 Å². The molecule has 1 aliphatic rings. The summed E-state index contributed by atoms with van der Waals surface area (Å²) >= 11 is 3.53. The minimum absolute atomic E-state index is 0.102. The summed E-state index contributed by atoms with van der Waals surface area (Å²) in [4.78, 5) is 12.4. The highest BCUT2D eigenvalue weighted by atomic mass is 79.9. The van der Waals surface area contributed by atoms with Crippen LogP contribution in [0.4, 0.5) is 4.79 Å². The number of carbonyl (C=O) groups is 1. The van der Waals surface area contributed by atoms with Gasteiger partial charge < -0.3 is 19.3 Å². The average Bonchev–Trinajstić information content (AvgIpc) is 2.84. The van der Waals surface area contributed by atoms with Crippen molar-refractivity contribution in [1.29, 1.82) is 0 Å². The van der Waals surface area contributed by atoms with Crippen LogP contribution in [0.1, 0.15) is 0 Å². The second kappa shape index (κ2) is 5.46. The normalized spacial score (nSPS) is 19.4. The molecule has 1 atom stereocenters. The van der Waals surface area contributed by atoms with Crippen molar-refractivity contribution in [1.82, 2.24) is 9.47 Å². The first-order valence-electron chi connectivity index (χ1n) is 6.48. The molecule has 0 saturated carbocycles. The summed E-state index contributed by atoms with van der Waals surface area (Å²) in [6.07, 6.45) is 1.03. The summed E-state index contributed by atoms with van der Waals surface area (Å²) in [6, 6.07) is 8.11. The lowest BCUT2D eigenvalue weighted by Crippen LogP contribution is -2.46. The van der Waals surface area contributed by atoms with Gasteiger partial charge >= 0.3 is 6.09 Å². The number of fused-ring (bicyclic) bond motifs is 1. The van der Waals surface area contributed by atoms with Crippen molar-refractivity contribution in [3.63, 3.8) is 0 Å². The van der Waals surface area contributed by atoms with Gasteiger partial charge in [0.1, 0.15) is 0 Å². The summed E-state index contributed by atoms with van der Waals surface area (Å²) in [5.74, 6) is 0. The highest BCUT2D eigenvalue weighted by Gasteiger charge is 2.24. The first-order chi connectivity index (χ1) is 9.65. The number of rotatable bonds is 2. The molecule has 0 radical (unpaired) electrons. The van der Waals surface area contributed by atoms with E-state index in [1.807, 2.05) is 18.3 Å². The second-order valence-electron chi connectivity index (χ2n) is 4.86. The third-order valence-corrected chi connectivity index (χ3v) is 4.26. The van der Waals surface area contributed by atoms with Crippen LogP contribution in [0.3, 0.4) is 0 Å². The maximum absolute atomic E-state index is 11.0. The van der Waals surface area contributed by atoms with E-state index in [2.05, 4.69) is 32.6 Å². The van der Waals surface area contributed by atoms with Gasteiger partial charge in [0.15, 0.2) is 0 Å². The topological polar surface area (TPSA) is 54.7 Å². The van der Waals surface area contributed by atoms with Gasteiger partial charge in [-0.25, -0.2) is 4.79 Å². The number of hydrogen-bond donors (Lipinski definition) is 1. The highest BCUT2D eigenvalue weighted by molar-refractivity contribution is 9.10. The van der Waals surface area contributed by atoms with Gasteiger partial charge in [-0.05, 0) is 18.2 Å². The Labute approximate surface area is 124 Å². The number of halogens is 1. The maximum atomic E-state index is 11.0. The van der Waals surface area contributed by atoms with E-state index in [-0.39, 0.29) is 6.10 Å². The van der Waals surface area contributed by atoms with Crippen molar-refractivity contribution >= 4 is 32.9 Å². The quantitative estimate of drug-likeness (QED) is 0.915. The molecule has 1 aliphatic heterocycles. The molecular weight excluding hydrogens is 324 g/mol. The van der Waals surface area contributed by atoms with Gasteiger partial charge in [-0.2, -0.15) is 0 Å². The molecule has 0 bridgehead atoms. The summed E-state index contributed by atoms with van der Waals surface area (Å²) in [5.41, 5.74) is 1.12. The molecule has 5 nitrogen and oxygen atoms in total. The van der Waals surface area contributed by atoms with Crippen LogP contribution in [-0.2, 0) is 11.3 Å². The van der Waals surface area contributed by atoms with E-state index >= 15 is 0 Å². The van der Waals surface area contributed by atoms with E-state index in [4.69, 9.17) is 9.84 Å². The lowest BCUT2D eigenvalue weighted by molar-refractivity contribution is -0.0287. The van der Waals surface area contributed by atoms with Crippen molar-refractivity contribution in [3.05, 3.63) is 34.9 Å². The Bertz CT molecular complexity index is 640. The van der Waals surface area contributed by atoms with E-state index in [0.29, 0.717) is 26.2 Å². The summed E-state index contributed by atoms with van der Waals surface area (Å²) in [7, 11) is 0. The average molecular weight is 339 g/mol. The van der Waals surface area contributed by atoms with Crippen LogP contribution < -0.4 is 0 Å². The Morgan fingerprint density at radius 2 is 2.30 bits per heavy atom. The fourth-order valence-electron chi connectivity index (χ4n) is 2.57. The van der Waals surface area contributed by atoms with Crippen LogP contribution in [0.5, 0.6) is 0 Å². The molecular formula is C14H15BrN2O3. The molecule has 20 heavy (non-hydrogen) atoms. The number of carboxylic acid groups (broad SMARTS) is 1. The molecule has 0 spiro atoms. The zero-order valence-corrected chi connectivity index (χ0v) is 12.4. The number of hydrogen-bond acceptors (Lipinski definition) is 2. The fraction of sp³-hybridized carbons (Fsp3) is 0.357. The Balaban J connectivity index is 1.79. The Kier molecular flexibility index (Phi) is 3.67. The molecule has 1 N–H and O–H groups in total. The van der Waals surface area contributed by atoms with Gasteiger partial charge in [0, 0.05) is 28.1 Å². The van der Waals surface area contributed by atoms with E-state index in [9.17, 15) is 4.79 Å². The van der Waals surface area contributed by atoms with Crippen molar-refractivity contribution in [2.24, 2.45) is 0 Å². The molecule has 0 aliphatic carbocycles. The van der Waals surface area contributed by atoms with Crippen LogP contribution in [0.2, 0.25) is 0 Å². The van der Waals surface area contributed by atoms with E-state index in [1.165, 1.54) is 4.90 Å². The molecule has 106 valence electrons. The zero-order chi connectivity index (χ0) is 14.1. The van der Waals surface area contributed by atoms with Crippen LogP contribution in [0.25, 0.3) is 10.9 Å². The van der Waals surface area contributed by atoms with Gasteiger partial charge in [0.25, 0.3) is 0 Å². The van der Waals surface area contributed by atoms with Gasteiger partial charge in [-0.3, -0.25) is 0 Å². The Morgan fingerprint density at radius 3 is 3.10 bits per heavy atom. The molecule has 1 aromatic carbocycles. The minimum atomic E-state index is -0.876. The number of amides is 1. The summed E-state index contributed by atoms with van der Waals surface area (Å²) in [6.45, 7) is 1.98. The third-order valence-electron chi connectivity index (χ3n) is 3.57. The number of benzene rings is 1. The van der Waals surface area contributed by atoms with Crippen molar-refractivity contribution in [3.8, 4) is 0 Å². The smallest absolute Gasteiger partial charge is 0.407 e. The predicted molar refractivity (Wildman–Crippen MR) is 79.0 cm³/mol. The Morgan fingerprint density at radius 1 is 1.45 bits per heavy atom. The van der Waals surface area contributed by atoms with Crippen LogP contribution in [0.15, 0.2) is 34.9 Å². The van der Waals surface area contributed by atoms with Crippen LogP contribution >= 0.6 is 15.9 Å². The first-order valence-corrected chi connectivity index (χ1v) is 7.27. The number of ether oxygens (including phenoxy) is 1. The zero-order valence-electron chi connectivity index (χ0n) is 10.8. The molecule has 1 amide bonds. The van der Waals surface area contributed by atoms with Crippen LogP contribution in [-0.4, -0.2) is 46.5 Å². The number of morpholine rings is 1. The van der Waals surface area contributed by atoms with E-state index in [1.54, 1.807) is 0 Å². The summed E-state index contributed by atoms with van der Waals surface area (Å²) < 4.78 is 8.84. The molecule has 3 rings (SSSR count). The standard InChI is InChI=1S/C14H15BrN2O3/c15-12-2-1-3-13-11(12)4-5-16(13)8-10-9-17(14(18)19)6-7-20-10/h1-5,10H,6-9H2,(H,18,19). The number of nitrogens with zero attached hydrogens (tertiary/aromatic N) is 2. The molecule has 2 aromatic rings. The van der Waals surface area contributed by atoms with E-state index in [0.717, 1.165) is 15.4 Å². The van der Waals surface area contributed by atoms with Crippen LogP contribution in [0, 0.1) is 0 Å². The van der Waals surface area contributed by atoms with Gasteiger partial charge in [0.2, 0.25) is 0 Å². The maximum Gasteiger partial charge on any atom is 0.407 e. The highest BCUT2D eigenvalue weighted by Crippen LogP contribution is 2.25. The lowest BCUT2D eigenvalue weighted by Gasteiger charge is -2.31. The van der Waals surface area contributed by atoms with Crippen molar-refractivity contribution in [2.75, 3.05) is 19.7 Å². The molecule has 1 fully saturated rings. The first kappa shape index (κ1) is 13.5. The van der Waals surface area contributed by atoms with Gasteiger partial charge in [-0.15, -0.1) is 0 Å². The molecule has 6 heteroatoms. The molecule has 1 unspecified atom stereocenters. The number of aromatic nitrogens is 1. The minimum Gasteiger partial charge on any atom is -0.465 e. The van der Waals surface area contributed by atoms with E-state index < -0.39 is 6.09 Å². The largest absolute Gasteiger partial charge is 0.465 e. The lowest BCUT2D eigenvalue weighted by atomic mass is 10.2. The van der Waals surface area contributed by atoms with Gasteiger partial charge in [0.05, 0.1) is 25.8 Å². The third kappa shape index (κ3) is 2.53. The fourth-order valence-corrected chi connectivity index (χ4v) is 3.06.